The number of thioether (sulfide) groups is 1. The monoisotopic (exact) mass is 456 g/mol. The minimum atomic E-state index is -0.344. The minimum Gasteiger partial charge on any atom is -0.483 e. The fourth-order valence-corrected chi connectivity index (χ4v) is 3.86. The number of allylic oxidation sites excluding steroid dienone is 1. The molecule has 1 unspecified atom stereocenters. The largest absolute Gasteiger partial charge is 0.483 e. The lowest BCUT2D eigenvalue weighted by Crippen LogP contribution is -2.16. The van der Waals surface area contributed by atoms with Crippen LogP contribution in [0.2, 0.25) is 5.02 Å². The van der Waals surface area contributed by atoms with Gasteiger partial charge in [-0.05, 0) is 56.2 Å². The van der Waals surface area contributed by atoms with Crippen molar-refractivity contribution in [1.29, 1.82) is 0 Å². The molecule has 0 radical (unpaired) electrons. The van der Waals surface area contributed by atoms with E-state index in [0.29, 0.717) is 28.3 Å². The highest BCUT2D eigenvalue weighted by Gasteiger charge is 2.20. The van der Waals surface area contributed by atoms with Crippen molar-refractivity contribution < 1.29 is 9.53 Å². The molecule has 162 valence electrons. The minimum absolute atomic E-state index is 0.102. The zero-order valence-electron chi connectivity index (χ0n) is 17.8. The van der Waals surface area contributed by atoms with Gasteiger partial charge in [-0.1, -0.05) is 47.6 Å². The Morgan fingerprint density at radius 2 is 2.03 bits per heavy atom. The second kappa shape index (κ2) is 10.5. The van der Waals surface area contributed by atoms with Crippen LogP contribution >= 0.6 is 23.4 Å². The number of para-hydroxylation sites is 1. The fraction of sp³-hybridized carbons (Fsp3) is 0.261. The van der Waals surface area contributed by atoms with Gasteiger partial charge in [0.2, 0.25) is 5.91 Å². The van der Waals surface area contributed by atoms with Gasteiger partial charge < -0.3 is 10.1 Å². The Morgan fingerprint density at radius 3 is 2.74 bits per heavy atom. The SMILES string of the molecule is C=CCn1c(SCC(=O)Nc2ccccc2C)nnc1C(C)Oc1ccc(Cl)c(C)c1. The van der Waals surface area contributed by atoms with E-state index >= 15 is 0 Å². The van der Waals surface area contributed by atoms with E-state index in [1.165, 1.54) is 11.8 Å². The first kappa shape index (κ1) is 22.9. The van der Waals surface area contributed by atoms with Crippen molar-refractivity contribution >= 4 is 35.0 Å². The summed E-state index contributed by atoms with van der Waals surface area (Å²) in [6, 6.07) is 13.2. The van der Waals surface area contributed by atoms with Gasteiger partial charge in [-0.2, -0.15) is 0 Å². The predicted molar refractivity (Wildman–Crippen MR) is 126 cm³/mol. The number of rotatable bonds is 9. The van der Waals surface area contributed by atoms with Crippen LogP contribution in [0.5, 0.6) is 5.75 Å². The van der Waals surface area contributed by atoms with E-state index in [4.69, 9.17) is 16.3 Å². The van der Waals surface area contributed by atoms with E-state index in [9.17, 15) is 4.79 Å². The number of amides is 1. The van der Waals surface area contributed by atoms with E-state index in [0.717, 1.165) is 16.8 Å². The Hall–Kier alpha value is -2.77. The number of ether oxygens (including phenoxy) is 1. The number of anilines is 1. The number of carbonyl (C=O) groups excluding carboxylic acids is 1. The zero-order valence-corrected chi connectivity index (χ0v) is 19.3. The van der Waals surface area contributed by atoms with E-state index in [2.05, 4.69) is 22.1 Å². The Kier molecular flexibility index (Phi) is 7.76. The number of aromatic nitrogens is 3. The molecular weight excluding hydrogens is 432 g/mol. The van der Waals surface area contributed by atoms with Crippen molar-refractivity contribution in [2.45, 2.75) is 38.6 Å². The van der Waals surface area contributed by atoms with Crippen molar-refractivity contribution in [2.75, 3.05) is 11.1 Å². The third-order valence-corrected chi connectivity index (χ3v) is 6.01. The van der Waals surface area contributed by atoms with E-state index in [-0.39, 0.29) is 17.8 Å². The van der Waals surface area contributed by atoms with Gasteiger partial charge in [-0.15, -0.1) is 16.8 Å². The Morgan fingerprint density at radius 1 is 1.26 bits per heavy atom. The number of carbonyl (C=O) groups is 1. The fourth-order valence-electron chi connectivity index (χ4n) is 2.99. The average Bonchev–Trinajstić information content (AvgIpc) is 3.14. The smallest absolute Gasteiger partial charge is 0.234 e. The van der Waals surface area contributed by atoms with Gasteiger partial charge in [-0.25, -0.2) is 0 Å². The molecule has 0 fully saturated rings. The normalized spacial score (nSPS) is 11.7. The molecule has 1 N–H and O–H groups in total. The molecule has 31 heavy (non-hydrogen) atoms. The van der Waals surface area contributed by atoms with Gasteiger partial charge in [0.25, 0.3) is 0 Å². The van der Waals surface area contributed by atoms with Crippen LogP contribution < -0.4 is 10.1 Å². The van der Waals surface area contributed by atoms with Gasteiger partial charge in [0, 0.05) is 17.3 Å². The molecule has 6 nitrogen and oxygen atoms in total. The van der Waals surface area contributed by atoms with Crippen LogP contribution in [0.1, 0.15) is 30.0 Å². The zero-order chi connectivity index (χ0) is 22.4. The highest BCUT2D eigenvalue weighted by atomic mass is 35.5. The molecule has 3 rings (SSSR count). The Balaban J connectivity index is 1.69. The molecule has 1 heterocycles. The molecule has 0 bridgehead atoms. The maximum atomic E-state index is 12.4. The average molecular weight is 457 g/mol. The van der Waals surface area contributed by atoms with Crippen LogP contribution in [0.15, 0.2) is 60.3 Å². The van der Waals surface area contributed by atoms with Crippen molar-refractivity contribution in [2.24, 2.45) is 0 Å². The van der Waals surface area contributed by atoms with Crippen molar-refractivity contribution in [3.8, 4) is 5.75 Å². The summed E-state index contributed by atoms with van der Waals surface area (Å²) in [5.41, 5.74) is 2.76. The highest BCUT2D eigenvalue weighted by molar-refractivity contribution is 7.99. The van der Waals surface area contributed by atoms with Crippen molar-refractivity contribution in [3.63, 3.8) is 0 Å². The summed E-state index contributed by atoms with van der Waals surface area (Å²) in [7, 11) is 0. The predicted octanol–water partition coefficient (Wildman–Crippen LogP) is 5.61. The quantitative estimate of drug-likeness (QED) is 0.335. The summed E-state index contributed by atoms with van der Waals surface area (Å²) < 4.78 is 7.96. The lowest BCUT2D eigenvalue weighted by atomic mass is 10.2. The van der Waals surface area contributed by atoms with Crippen LogP contribution in [0.4, 0.5) is 5.69 Å². The first-order valence-electron chi connectivity index (χ1n) is 9.84. The summed E-state index contributed by atoms with van der Waals surface area (Å²) in [4.78, 5) is 12.4. The van der Waals surface area contributed by atoms with E-state index in [1.807, 2.05) is 67.8 Å². The molecular formula is C23H25ClN4O2S. The molecule has 0 saturated heterocycles. The summed E-state index contributed by atoms with van der Waals surface area (Å²) in [5, 5.41) is 12.8. The molecule has 8 heteroatoms. The molecule has 0 aliphatic rings. The van der Waals surface area contributed by atoms with Crippen molar-refractivity contribution in [3.05, 3.63) is 77.1 Å². The number of halogens is 1. The lowest BCUT2D eigenvalue weighted by molar-refractivity contribution is -0.113. The summed E-state index contributed by atoms with van der Waals surface area (Å²) in [5.74, 6) is 1.48. The molecule has 3 aromatic rings. The maximum Gasteiger partial charge on any atom is 0.234 e. The maximum absolute atomic E-state index is 12.4. The lowest BCUT2D eigenvalue weighted by Gasteiger charge is -2.16. The second-order valence-electron chi connectivity index (χ2n) is 7.06. The van der Waals surface area contributed by atoms with Gasteiger partial charge in [-0.3, -0.25) is 9.36 Å². The number of nitrogens with zero attached hydrogens (tertiary/aromatic N) is 3. The first-order chi connectivity index (χ1) is 14.9. The van der Waals surface area contributed by atoms with Gasteiger partial charge in [0.05, 0.1) is 5.75 Å². The second-order valence-corrected chi connectivity index (χ2v) is 8.41. The van der Waals surface area contributed by atoms with Gasteiger partial charge in [0.1, 0.15) is 5.75 Å². The molecule has 2 aromatic carbocycles. The molecule has 1 atom stereocenters. The van der Waals surface area contributed by atoms with Crippen LogP contribution in [-0.4, -0.2) is 26.4 Å². The number of aryl methyl sites for hydroxylation is 2. The number of hydrogen-bond donors (Lipinski definition) is 1. The molecule has 1 aromatic heterocycles. The third-order valence-electron chi connectivity index (χ3n) is 4.61. The highest BCUT2D eigenvalue weighted by Crippen LogP contribution is 2.27. The molecule has 0 aliphatic carbocycles. The summed E-state index contributed by atoms with van der Waals surface area (Å²) >= 11 is 7.42. The topological polar surface area (TPSA) is 69.0 Å². The molecule has 0 saturated carbocycles. The van der Waals surface area contributed by atoms with Crippen LogP contribution in [0, 0.1) is 13.8 Å². The molecule has 1 amide bonds. The standard InChI is InChI=1S/C23H25ClN4O2S/c1-5-12-28-22(17(4)30-18-10-11-19(24)16(3)13-18)26-27-23(28)31-14-21(29)25-20-9-7-6-8-15(20)2/h5-11,13,17H,1,12,14H2,2-4H3,(H,25,29). The molecule has 0 aliphatic heterocycles. The number of hydrogen-bond acceptors (Lipinski definition) is 5. The number of nitrogens with one attached hydrogen (secondary N) is 1. The first-order valence-corrected chi connectivity index (χ1v) is 11.2. The molecule has 0 spiro atoms. The summed E-state index contributed by atoms with van der Waals surface area (Å²) in [6.45, 7) is 10.1. The number of benzene rings is 2. The van der Waals surface area contributed by atoms with E-state index < -0.39 is 0 Å². The van der Waals surface area contributed by atoms with E-state index in [1.54, 1.807) is 6.08 Å². The third kappa shape index (κ3) is 5.89. The Labute approximate surface area is 191 Å². The van der Waals surface area contributed by atoms with Crippen LogP contribution in [0.3, 0.4) is 0 Å². The Bertz CT molecular complexity index is 1080. The van der Waals surface area contributed by atoms with Gasteiger partial charge in [0.15, 0.2) is 17.1 Å². The van der Waals surface area contributed by atoms with Crippen molar-refractivity contribution in [1.82, 2.24) is 14.8 Å². The van der Waals surface area contributed by atoms with Crippen LogP contribution in [0.25, 0.3) is 0 Å². The summed E-state index contributed by atoms with van der Waals surface area (Å²) in [6.07, 6.45) is 1.42. The van der Waals surface area contributed by atoms with Crippen LogP contribution in [-0.2, 0) is 11.3 Å². The van der Waals surface area contributed by atoms with Gasteiger partial charge >= 0.3 is 0 Å².